The van der Waals surface area contributed by atoms with Crippen molar-refractivity contribution < 1.29 is 27.8 Å². The van der Waals surface area contributed by atoms with Crippen LogP contribution < -0.4 is 5.56 Å². The van der Waals surface area contributed by atoms with E-state index in [4.69, 9.17) is 5.26 Å². The number of nitriles is 1. The lowest BCUT2D eigenvalue weighted by molar-refractivity contribution is -0.139. The minimum atomic E-state index is -4.69. The van der Waals surface area contributed by atoms with Gasteiger partial charge in [-0.3, -0.25) is 4.79 Å². The molecule has 2 aromatic rings. The van der Waals surface area contributed by atoms with E-state index in [-0.39, 0.29) is 5.56 Å². The number of rotatable bonds is 4. The molecule has 0 aliphatic heterocycles. The Morgan fingerprint density at radius 1 is 1.38 bits per heavy atom. The topological polar surface area (TPSA) is 92.3 Å². The standard InChI is InChI=1S/C17H13F3N2O4/c1-26-16(25)11-6-10(7-21)15(24)22(8-11)9-14(23)12-4-2-3-5-13(12)17(18,19)20/h2-6,8,14,23H,9H2,1H3/t14-/m0/s1. The minimum Gasteiger partial charge on any atom is -0.465 e. The van der Waals surface area contributed by atoms with Crippen LogP contribution >= 0.6 is 0 Å². The summed E-state index contributed by atoms with van der Waals surface area (Å²) in [5.74, 6) is -0.833. The molecule has 1 atom stereocenters. The Labute approximate surface area is 145 Å². The highest BCUT2D eigenvalue weighted by atomic mass is 19.4. The van der Waals surface area contributed by atoms with Crippen molar-refractivity contribution in [1.82, 2.24) is 4.57 Å². The molecule has 0 fully saturated rings. The van der Waals surface area contributed by atoms with E-state index in [1.807, 2.05) is 0 Å². The van der Waals surface area contributed by atoms with E-state index in [2.05, 4.69) is 4.74 Å². The zero-order valence-corrected chi connectivity index (χ0v) is 13.4. The maximum atomic E-state index is 13.1. The molecule has 0 amide bonds. The maximum absolute atomic E-state index is 13.1. The maximum Gasteiger partial charge on any atom is 0.416 e. The molecule has 0 aliphatic rings. The summed E-state index contributed by atoms with van der Waals surface area (Å²) in [4.78, 5) is 23.8. The molecule has 0 saturated carbocycles. The fraction of sp³-hybridized carbons (Fsp3) is 0.235. The normalized spacial score (nSPS) is 12.3. The monoisotopic (exact) mass is 366 g/mol. The molecule has 1 N–H and O–H groups in total. The van der Waals surface area contributed by atoms with Gasteiger partial charge >= 0.3 is 12.1 Å². The lowest BCUT2D eigenvalue weighted by atomic mass is 10.0. The van der Waals surface area contributed by atoms with Crippen LogP contribution in [0.15, 0.2) is 41.3 Å². The van der Waals surface area contributed by atoms with Gasteiger partial charge in [0.2, 0.25) is 0 Å². The fourth-order valence-corrected chi connectivity index (χ4v) is 2.41. The van der Waals surface area contributed by atoms with E-state index in [0.717, 1.165) is 36.1 Å². The van der Waals surface area contributed by atoms with Gasteiger partial charge in [0.25, 0.3) is 5.56 Å². The molecular formula is C17H13F3N2O4. The molecule has 2 rings (SSSR count). The van der Waals surface area contributed by atoms with Gasteiger partial charge in [-0.1, -0.05) is 18.2 Å². The average molecular weight is 366 g/mol. The number of carbonyl (C=O) groups is 1. The number of esters is 1. The van der Waals surface area contributed by atoms with Crippen LogP contribution in [-0.2, 0) is 17.5 Å². The Balaban J connectivity index is 2.48. The summed E-state index contributed by atoms with van der Waals surface area (Å²) in [6.45, 7) is -0.578. The Morgan fingerprint density at radius 3 is 2.62 bits per heavy atom. The molecule has 0 saturated heterocycles. The van der Waals surface area contributed by atoms with E-state index in [9.17, 15) is 27.9 Å². The van der Waals surface area contributed by atoms with Crippen molar-refractivity contribution in [2.45, 2.75) is 18.8 Å². The van der Waals surface area contributed by atoms with Crippen LogP contribution in [0, 0.1) is 11.3 Å². The van der Waals surface area contributed by atoms with Crippen molar-refractivity contribution in [1.29, 1.82) is 5.26 Å². The van der Waals surface area contributed by atoms with Crippen LogP contribution in [0.5, 0.6) is 0 Å². The molecule has 0 bridgehead atoms. The lowest BCUT2D eigenvalue weighted by Gasteiger charge is -2.18. The van der Waals surface area contributed by atoms with Crippen molar-refractivity contribution >= 4 is 5.97 Å². The van der Waals surface area contributed by atoms with Crippen LogP contribution in [0.2, 0.25) is 0 Å². The molecule has 1 aromatic carbocycles. The van der Waals surface area contributed by atoms with Crippen molar-refractivity contribution in [2.24, 2.45) is 0 Å². The first-order chi connectivity index (χ1) is 12.2. The molecule has 0 aliphatic carbocycles. The second kappa shape index (κ2) is 7.41. The molecular weight excluding hydrogens is 353 g/mol. The number of alkyl halides is 3. The third-order valence-corrected chi connectivity index (χ3v) is 3.62. The molecule has 0 radical (unpaired) electrons. The van der Waals surface area contributed by atoms with Gasteiger partial charge in [-0.2, -0.15) is 18.4 Å². The van der Waals surface area contributed by atoms with E-state index in [0.29, 0.717) is 0 Å². The number of aliphatic hydroxyl groups excluding tert-OH is 1. The Kier molecular flexibility index (Phi) is 5.47. The lowest BCUT2D eigenvalue weighted by Crippen LogP contribution is -2.27. The minimum absolute atomic E-state index is 0.139. The summed E-state index contributed by atoms with van der Waals surface area (Å²) >= 11 is 0. The van der Waals surface area contributed by atoms with Gasteiger partial charge in [-0.25, -0.2) is 4.79 Å². The van der Waals surface area contributed by atoms with Gasteiger partial charge in [0.1, 0.15) is 11.6 Å². The largest absolute Gasteiger partial charge is 0.465 e. The van der Waals surface area contributed by atoms with Gasteiger partial charge in [-0.15, -0.1) is 0 Å². The number of hydrogen-bond acceptors (Lipinski definition) is 5. The summed E-state index contributed by atoms with van der Waals surface area (Å²) in [5, 5.41) is 19.2. The number of ether oxygens (including phenoxy) is 1. The van der Waals surface area contributed by atoms with Crippen molar-refractivity contribution in [3.05, 3.63) is 69.1 Å². The van der Waals surface area contributed by atoms with Crippen LogP contribution in [-0.4, -0.2) is 22.8 Å². The van der Waals surface area contributed by atoms with Gasteiger partial charge in [-0.05, 0) is 17.7 Å². The molecule has 0 unspecified atom stereocenters. The van der Waals surface area contributed by atoms with E-state index < -0.39 is 47.0 Å². The highest BCUT2D eigenvalue weighted by molar-refractivity contribution is 5.89. The van der Waals surface area contributed by atoms with Gasteiger partial charge in [0.15, 0.2) is 0 Å². The number of methoxy groups -OCH3 is 1. The summed E-state index contributed by atoms with van der Waals surface area (Å²) in [5.41, 5.74) is -2.84. The summed E-state index contributed by atoms with van der Waals surface area (Å²) in [6, 6.07) is 7.02. The zero-order valence-electron chi connectivity index (χ0n) is 13.4. The smallest absolute Gasteiger partial charge is 0.416 e. The van der Waals surface area contributed by atoms with Gasteiger partial charge < -0.3 is 14.4 Å². The highest BCUT2D eigenvalue weighted by Gasteiger charge is 2.34. The van der Waals surface area contributed by atoms with Crippen LogP contribution in [0.4, 0.5) is 13.2 Å². The van der Waals surface area contributed by atoms with E-state index in [1.165, 1.54) is 12.1 Å². The number of aromatic nitrogens is 1. The first-order valence-electron chi connectivity index (χ1n) is 7.26. The molecule has 1 heterocycles. The number of hydrogen-bond donors (Lipinski definition) is 1. The van der Waals surface area contributed by atoms with Crippen molar-refractivity contribution in [3.8, 4) is 6.07 Å². The van der Waals surface area contributed by atoms with E-state index >= 15 is 0 Å². The Bertz CT molecular complexity index is 929. The van der Waals surface area contributed by atoms with Crippen LogP contribution in [0.1, 0.15) is 33.2 Å². The second-order valence-electron chi connectivity index (χ2n) is 5.30. The second-order valence-corrected chi connectivity index (χ2v) is 5.30. The Morgan fingerprint density at radius 2 is 2.04 bits per heavy atom. The molecule has 26 heavy (non-hydrogen) atoms. The number of aliphatic hydroxyl groups is 1. The highest BCUT2D eigenvalue weighted by Crippen LogP contribution is 2.34. The van der Waals surface area contributed by atoms with Crippen LogP contribution in [0.3, 0.4) is 0 Å². The average Bonchev–Trinajstić information content (AvgIpc) is 2.61. The number of carbonyl (C=O) groups excluding carboxylic acids is 1. The summed E-state index contributed by atoms with van der Waals surface area (Å²) in [6.07, 6.45) is -5.35. The third kappa shape index (κ3) is 3.92. The molecule has 0 spiro atoms. The number of halogens is 3. The molecule has 9 heteroatoms. The fourth-order valence-electron chi connectivity index (χ4n) is 2.41. The number of pyridine rings is 1. The first kappa shape index (κ1) is 19.2. The predicted octanol–water partition coefficient (Wildman–Crippen LogP) is 2.26. The number of nitrogens with zero attached hydrogens (tertiary/aromatic N) is 2. The van der Waals surface area contributed by atoms with Crippen LogP contribution in [0.25, 0.3) is 0 Å². The van der Waals surface area contributed by atoms with Crippen molar-refractivity contribution in [2.75, 3.05) is 7.11 Å². The zero-order chi connectivity index (χ0) is 19.5. The Hall–Kier alpha value is -3.12. The van der Waals surface area contributed by atoms with Crippen molar-refractivity contribution in [3.63, 3.8) is 0 Å². The molecule has 6 nitrogen and oxygen atoms in total. The SMILES string of the molecule is COC(=O)c1cc(C#N)c(=O)n(C[C@H](O)c2ccccc2C(F)(F)F)c1. The van der Waals surface area contributed by atoms with Gasteiger partial charge in [0, 0.05) is 6.20 Å². The third-order valence-electron chi connectivity index (χ3n) is 3.62. The van der Waals surface area contributed by atoms with E-state index in [1.54, 1.807) is 6.07 Å². The quantitative estimate of drug-likeness (QED) is 0.838. The molecule has 1 aromatic heterocycles. The summed E-state index contributed by atoms with van der Waals surface area (Å²) < 4.78 is 44.5. The summed E-state index contributed by atoms with van der Waals surface area (Å²) in [7, 11) is 1.10. The predicted molar refractivity (Wildman–Crippen MR) is 83.2 cm³/mol. The number of benzene rings is 1. The van der Waals surface area contributed by atoms with Gasteiger partial charge in [0.05, 0.1) is 30.9 Å². The first-order valence-corrected chi connectivity index (χ1v) is 7.26. The molecule has 136 valence electrons.